The Morgan fingerprint density at radius 2 is 2.00 bits per heavy atom. The highest BCUT2D eigenvalue weighted by Crippen LogP contribution is 2.27. The van der Waals surface area contributed by atoms with Crippen molar-refractivity contribution in [2.45, 2.75) is 52.1 Å². The second-order valence-corrected chi connectivity index (χ2v) is 4.46. The SMILES string of the molecule is CC[C@H]1CC[C@@H](C(N)=O)N1C(=O)C(C)C. The van der Waals surface area contributed by atoms with Crippen LogP contribution in [0, 0.1) is 5.92 Å². The lowest BCUT2D eigenvalue weighted by atomic mass is 10.1. The van der Waals surface area contributed by atoms with Crippen molar-refractivity contribution in [3.8, 4) is 0 Å². The summed E-state index contributed by atoms with van der Waals surface area (Å²) in [6, 6.07) is -0.192. The van der Waals surface area contributed by atoms with Crippen LogP contribution in [0.5, 0.6) is 0 Å². The standard InChI is InChI=1S/C11H20N2O2/c1-4-8-5-6-9(10(12)14)13(8)11(15)7(2)3/h7-9H,4-6H2,1-3H3,(H2,12,14)/t8-,9-/m0/s1. The number of carbonyl (C=O) groups excluding carboxylic acids is 2. The summed E-state index contributed by atoms with van der Waals surface area (Å²) in [6.45, 7) is 5.74. The zero-order valence-electron chi connectivity index (χ0n) is 9.69. The molecule has 0 saturated carbocycles. The van der Waals surface area contributed by atoms with Gasteiger partial charge in [-0.25, -0.2) is 0 Å². The van der Waals surface area contributed by atoms with Crippen molar-refractivity contribution in [2.75, 3.05) is 0 Å². The molecule has 0 aromatic heterocycles. The minimum atomic E-state index is -0.384. The van der Waals surface area contributed by atoms with Gasteiger partial charge in [-0.3, -0.25) is 9.59 Å². The molecule has 0 unspecified atom stereocenters. The first kappa shape index (κ1) is 12.0. The second kappa shape index (κ2) is 4.64. The van der Waals surface area contributed by atoms with E-state index in [0.717, 1.165) is 12.8 Å². The first-order valence-corrected chi connectivity index (χ1v) is 5.60. The van der Waals surface area contributed by atoms with Crippen molar-refractivity contribution >= 4 is 11.8 Å². The molecule has 0 aliphatic carbocycles. The van der Waals surface area contributed by atoms with E-state index in [4.69, 9.17) is 5.73 Å². The maximum atomic E-state index is 11.9. The monoisotopic (exact) mass is 212 g/mol. The summed E-state index contributed by atoms with van der Waals surface area (Å²) in [4.78, 5) is 24.9. The van der Waals surface area contributed by atoms with Crippen LogP contribution < -0.4 is 5.73 Å². The van der Waals surface area contributed by atoms with Crippen molar-refractivity contribution in [1.29, 1.82) is 0 Å². The Hall–Kier alpha value is -1.06. The number of nitrogens with two attached hydrogens (primary N) is 1. The summed E-state index contributed by atoms with van der Waals surface area (Å²) in [5.74, 6) is -0.401. The predicted molar refractivity (Wildman–Crippen MR) is 58.0 cm³/mol. The van der Waals surface area contributed by atoms with Crippen LogP contribution in [-0.2, 0) is 9.59 Å². The topological polar surface area (TPSA) is 63.4 Å². The Bertz CT molecular complexity index is 263. The molecule has 86 valence electrons. The highest BCUT2D eigenvalue weighted by Gasteiger charge is 2.39. The number of nitrogens with zero attached hydrogens (tertiary/aromatic N) is 1. The lowest BCUT2D eigenvalue weighted by molar-refractivity contribution is -0.142. The minimum Gasteiger partial charge on any atom is -0.368 e. The normalized spacial score (nSPS) is 26.0. The van der Waals surface area contributed by atoms with E-state index in [-0.39, 0.29) is 29.8 Å². The Morgan fingerprint density at radius 1 is 1.40 bits per heavy atom. The van der Waals surface area contributed by atoms with Crippen LogP contribution in [0.1, 0.15) is 40.0 Å². The fourth-order valence-corrected chi connectivity index (χ4v) is 2.19. The van der Waals surface area contributed by atoms with Crippen molar-refractivity contribution in [3.05, 3.63) is 0 Å². The van der Waals surface area contributed by atoms with E-state index >= 15 is 0 Å². The van der Waals surface area contributed by atoms with Gasteiger partial charge in [-0.05, 0) is 19.3 Å². The van der Waals surface area contributed by atoms with E-state index in [0.29, 0.717) is 6.42 Å². The van der Waals surface area contributed by atoms with Gasteiger partial charge in [0.15, 0.2) is 0 Å². The number of likely N-dealkylation sites (tertiary alicyclic amines) is 1. The van der Waals surface area contributed by atoms with E-state index in [1.807, 2.05) is 20.8 Å². The third-order valence-electron chi connectivity index (χ3n) is 3.05. The fourth-order valence-electron chi connectivity index (χ4n) is 2.19. The van der Waals surface area contributed by atoms with Crippen LogP contribution in [0.4, 0.5) is 0 Å². The lowest BCUT2D eigenvalue weighted by Gasteiger charge is -2.29. The summed E-state index contributed by atoms with van der Waals surface area (Å²) in [7, 11) is 0. The first-order chi connectivity index (χ1) is 6.99. The van der Waals surface area contributed by atoms with Gasteiger partial charge < -0.3 is 10.6 Å². The summed E-state index contributed by atoms with van der Waals surface area (Å²) in [5, 5.41) is 0. The van der Waals surface area contributed by atoms with Gasteiger partial charge in [0.2, 0.25) is 11.8 Å². The molecule has 1 saturated heterocycles. The molecule has 15 heavy (non-hydrogen) atoms. The molecule has 4 heteroatoms. The summed E-state index contributed by atoms with van der Waals surface area (Å²) in [5.41, 5.74) is 5.31. The highest BCUT2D eigenvalue weighted by atomic mass is 16.2. The molecule has 1 heterocycles. The number of hydrogen-bond donors (Lipinski definition) is 1. The van der Waals surface area contributed by atoms with Gasteiger partial charge in [0.25, 0.3) is 0 Å². The van der Waals surface area contributed by atoms with E-state index in [2.05, 4.69) is 0 Å². The lowest BCUT2D eigenvalue weighted by Crippen LogP contribution is -2.48. The Morgan fingerprint density at radius 3 is 2.40 bits per heavy atom. The van der Waals surface area contributed by atoms with Crippen LogP contribution in [0.25, 0.3) is 0 Å². The zero-order valence-corrected chi connectivity index (χ0v) is 9.69. The van der Waals surface area contributed by atoms with Crippen LogP contribution in [-0.4, -0.2) is 28.8 Å². The van der Waals surface area contributed by atoms with Gasteiger partial charge in [-0.15, -0.1) is 0 Å². The largest absolute Gasteiger partial charge is 0.368 e. The number of carbonyl (C=O) groups is 2. The average Bonchev–Trinajstić information content (AvgIpc) is 2.59. The number of primary amides is 1. The van der Waals surface area contributed by atoms with E-state index in [1.54, 1.807) is 4.90 Å². The molecule has 1 fully saturated rings. The van der Waals surface area contributed by atoms with Crippen molar-refractivity contribution in [1.82, 2.24) is 4.90 Å². The van der Waals surface area contributed by atoms with Gasteiger partial charge in [-0.1, -0.05) is 20.8 Å². The Kier molecular flexibility index (Phi) is 3.72. The van der Waals surface area contributed by atoms with Crippen molar-refractivity contribution < 1.29 is 9.59 Å². The highest BCUT2D eigenvalue weighted by molar-refractivity contribution is 5.88. The van der Waals surface area contributed by atoms with Gasteiger partial charge in [0.05, 0.1) is 0 Å². The molecule has 0 spiro atoms. The Balaban J connectivity index is 2.86. The predicted octanol–water partition coefficient (Wildman–Crippen LogP) is 0.897. The van der Waals surface area contributed by atoms with Gasteiger partial charge in [0.1, 0.15) is 6.04 Å². The quantitative estimate of drug-likeness (QED) is 0.755. The molecule has 2 N–H and O–H groups in total. The van der Waals surface area contributed by atoms with E-state index in [1.165, 1.54) is 0 Å². The second-order valence-electron chi connectivity index (χ2n) is 4.46. The van der Waals surface area contributed by atoms with Gasteiger partial charge in [-0.2, -0.15) is 0 Å². The number of rotatable bonds is 3. The maximum Gasteiger partial charge on any atom is 0.240 e. The molecular weight excluding hydrogens is 192 g/mol. The molecule has 0 aromatic carbocycles. The Labute approximate surface area is 90.8 Å². The van der Waals surface area contributed by atoms with Crippen LogP contribution in [0.15, 0.2) is 0 Å². The molecule has 0 radical (unpaired) electrons. The zero-order chi connectivity index (χ0) is 11.6. The van der Waals surface area contributed by atoms with Gasteiger partial charge in [0, 0.05) is 12.0 Å². The fraction of sp³-hybridized carbons (Fsp3) is 0.818. The number of hydrogen-bond acceptors (Lipinski definition) is 2. The summed E-state index contributed by atoms with van der Waals surface area (Å²) < 4.78 is 0. The molecular formula is C11H20N2O2. The first-order valence-electron chi connectivity index (χ1n) is 5.60. The summed E-state index contributed by atoms with van der Waals surface area (Å²) in [6.07, 6.45) is 2.50. The molecule has 0 aromatic rings. The molecule has 1 aliphatic rings. The average molecular weight is 212 g/mol. The van der Waals surface area contributed by atoms with Crippen LogP contribution in [0.2, 0.25) is 0 Å². The molecule has 2 atom stereocenters. The van der Waals surface area contributed by atoms with E-state index in [9.17, 15) is 9.59 Å². The molecule has 0 bridgehead atoms. The molecule has 1 aliphatic heterocycles. The molecule has 4 nitrogen and oxygen atoms in total. The van der Waals surface area contributed by atoms with Gasteiger partial charge >= 0.3 is 0 Å². The molecule has 1 rings (SSSR count). The maximum absolute atomic E-state index is 11.9. The molecule has 2 amide bonds. The number of amides is 2. The van der Waals surface area contributed by atoms with E-state index < -0.39 is 0 Å². The summed E-state index contributed by atoms with van der Waals surface area (Å²) >= 11 is 0. The third-order valence-corrected chi connectivity index (χ3v) is 3.05. The van der Waals surface area contributed by atoms with Crippen molar-refractivity contribution in [3.63, 3.8) is 0 Å². The third kappa shape index (κ3) is 2.30. The smallest absolute Gasteiger partial charge is 0.240 e. The van der Waals surface area contributed by atoms with Crippen LogP contribution >= 0.6 is 0 Å². The van der Waals surface area contributed by atoms with Crippen molar-refractivity contribution in [2.24, 2.45) is 11.7 Å². The minimum absolute atomic E-state index is 0.0446. The van der Waals surface area contributed by atoms with Crippen LogP contribution in [0.3, 0.4) is 0 Å².